The molecule has 6 nitrogen and oxygen atoms in total. The Morgan fingerprint density at radius 3 is 2.89 bits per heavy atom. The minimum absolute atomic E-state index is 0.231. The molecule has 1 aromatic rings. The quantitative estimate of drug-likeness (QED) is 0.445. The van der Waals surface area contributed by atoms with Crippen molar-refractivity contribution in [3.05, 3.63) is 23.3 Å². The number of quaternary nitrogens is 1. The van der Waals surface area contributed by atoms with Crippen LogP contribution in [0.3, 0.4) is 0 Å². The van der Waals surface area contributed by atoms with Crippen LogP contribution in [-0.2, 0) is 17.7 Å². The Hall–Kier alpha value is -1.57. The minimum atomic E-state index is 0.231. The Labute approximate surface area is 167 Å². The summed E-state index contributed by atoms with van der Waals surface area (Å²) >= 11 is 5.43. The van der Waals surface area contributed by atoms with Gasteiger partial charge in [-0.15, -0.1) is 0 Å². The van der Waals surface area contributed by atoms with Crippen molar-refractivity contribution in [3.63, 3.8) is 0 Å². The first-order valence-electron chi connectivity index (χ1n) is 10.0. The third kappa shape index (κ3) is 5.96. The zero-order chi connectivity index (χ0) is 19.1. The fourth-order valence-corrected chi connectivity index (χ4v) is 3.77. The smallest absolute Gasteiger partial charge is 0.166 e. The van der Waals surface area contributed by atoms with Gasteiger partial charge in [0, 0.05) is 37.1 Å². The van der Waals surface area contributed by atoms with Gasteiger partial charge in [-0.3, -0.25) is 0 Å². The van der Waals surface area contributed by atoms with Crippen LogP contribution in [0.1, 0.15) is 31.4 Å². The van der Waals surface area contributed by atoms with Gasteiger partial charge in [-0.25, -0.2) is 0 Å². The monoisotopic (exact) mass is 394 g/mol. The number of ether oxygens (including phenoxy) is 3. The number of benzene rings is 1. The van der Waals surface area contributed by atoms with Gasteiger partial charge in [-0.2, -0.15) is 0 Å². The molecule has 0 unspecified atom stereocenters. The number of hydrogen-bond donors (Lipinski definition) is 3. The Kier molecular flexibility index (Phi) is 7.55. The van der Waals surface area contributed by atoms with Gasteiger partial charge in [0.2, 0.25) is 0 Å². The average Bonchev–Trinajstić information content (AvgIpc) is 3.03. The zero-order valence-corrected chi connectivity index (χ0v) is 17.3. The molecular formula is C20H32N3O3S+. The first-order valence-corrected chi connectivity index (χ1v) is 10.4. The molecule has 1 aromatic carbocycles. The van der Waals surface area contributed by atoms with Crippen molar-refractivity contribution in [1.29, 1.82) is 0 Å². The fourth-order valence-electron chi connectivity index (χ4n) is 3.60. The molecule has 0 aliphatic carbocycles. The molecule has 1 atom stereocenters. The summed E-state index contributed by atoms with van der Waals surface area (Å²) in [6.45, 7) is 11.4. The minimum Gasteiger partial charge on any atom is -0.494 e. The van der Waals surface area contributed by atoms with Gasteiger partial charge in [0.15, 0.2) is 5.11 Å². The van der Waals surface area contributed by atoms with E-state index in [1.807, 2.05) is 6.92 Å². The highest BCUT2D eigenvalue weighted by Crippen LogP contribution is 2.35. The largest absolute Gasteiger partial charge is 0.494 e. The van der Waals surface area contributed by atoms with Crippen molar-refractivity contribution < 1.29 is 19.1 Å². The molecule has 2 heterocycles. The van der Waals surface area contributed by atoms with Crippen LogP contribution in [0.2, 0.25) is 0 Å². The van der Waals surface area contributed by atoms with Gasteiger partial charge in [0.05, 0.1) is 26.4 Å². The maximum Gasteiger partial charge on any atom is 0.166 e. The van der Waals surface area contributed by atoms with Crippen molar-refractivity contribution in [2.45, 2.75) is 39.3 Å². The second-order valence-electron chi connectivity index (χ2n) is 7.21. The highest BCUT2D eigenvalue weighted by atomic mass is 32.1. The van der Waals surface area contributed by atoms with E-state index in [0.29, 0.717) is 18.3 Å². The van der Waals surface area contributed by atoms with Gasteiger partial charge in [0.25, 0.3) is 0 Å². The Balaban J connectivity index is 1.43. The highest BCUT2D eigenvalue weighted by Gasteiger charge is 2.22. The summed E-state index contributed by atoms with van der Waals surface area (Å²) in [5.41, 5.74) is 2.30. The second-order valence-corrected chi connectivity index (χ2v) is 7.62. The van der Waals surface area contributed by atoms with Crippen LogP contribution in [0.4, 0.5) is 0 Å². The topological polar surface area (TPSA) is 56.2 Å². The SMILES string of the molecule is CCOc1cc2c(cc1CNC(=S)NCCC[NH+]1CCOCC1)O[C@H](C)C2. The van der Waals surface area contributed by atoms with Crippen LogP contribution in [-0.4, -0.2) is 57.2 Å². The van der Waals surface area contributed by atoms with Gasteiger partial charge in [-0.05, 0) is 38.2 Å². The fraction of sp³-hybridized carbons (Fsp3) is 0.650. The predicted molar refractivity (Wildman–Crippen MR) is 110 cm³/mol. The lowest BCUT2D eigenvalue weighted by Gasteiger charge is -2.23. The summed E-state index contributed by atoms with van der Waals surface area (Å²) in [6, 6.07) is 4.20. The Morgan fingerprint density at radius 2 is 2.11 bits per heavy atom. The van der Waals surface area contributed by atoms with E-state index in [4.69, 9.17) is 26.4 Å². The van der Waals surface area contributed by atoms with Crippen molar-refractivity contribution in [2.75, 3.05) is 46.0 Å². The summed E-state index contributed by atoms with van der Waals surface area (Å²) in [4.78, 5) is 1.62. The normalized spacial score (nSPS) is 19.3. The average molecular weight is 395 g/mol. The molecule has 0 bridgehead atoms. The van der Waals surface area contributed by atoms with E-state index in [2.05, 4.69) is 29.7 Å². The lowest BCUT2D eigenvalue weighted by molar-refractivity contribution is -0.908. The lowest BCUT2D eigenvalue weighted by Crippen LogP contribution is -3.14. The molecule has 150 valence electrons. The third-order valence-corrected chi connectivity index (χ3v) is 5.30. The molecular weight excluding hydrogens is 362 g/mol. The first-order chi connectivity index (χ1) is 13.2. The number of morpholine rings is 1. The van der Waals surface area contributed by atoms with E-state index in [1.54, 1.807) is 4.90 Å². The summed E-state index contributed by atoms with van der Waals surface area (Å²) < 4.78 is 17.1. The second kappa shape index (κ2) is 10.1. The van der Waals surface area contributed by atoms with Crippen LogP contribution in [0, 0.1) is 0 Å². The molecule has 7 heteroatoms. The maximum atomic E-state index is 5.88. The van der Waals surface area contributed by atoms with Crippen LogP contribution in [0.15, 0.2) is 12.1 Å². The van der Waals surface area contributed by atoms with E-state index in [1.165, 1.54) is 5.56 Å². The molecule has 1 saturated heterocycles. The van der Waals surface area contributed by atoms with E-state index < -0.39 is 0 Å². The lowest BCUT2D eigenvalue weighted by atomic mass is 10.1. The maximum absolute atomic E-state index is 5.88. The molecule has 3 N–H and O–H groups in total. The van der Waals surface area contributed by atoms with Gasteiger partial charge in [-0.1, -0.05) is 0 Å². The van der Waals surface area contributed by atoms with Crippen molar-refractivity contribution in [2.24, 2.45) is 0 Å². The van der Waals surface area contributed by atoms with Crippen LogP contribution >= 0.6 is 12.2 Å². The van der Waals surface area contributed by atoms with Crippen molar-refractivity contribution in [1.82, 2.24) is 10.6 Å². The number of hydrogen-bond acceptors (Lipinski definition) is 4. The molecule has 2 aliphatic rings. The van der Waals surface area contributed by atoms with Gasteiger partial charge >= 0.3 is 0 Å². The van der Waals surface area contributed by atoms with E-state index >= 15 is 0 Å². The molecule has 1 fully saturated rings. The zero-order valence-electron chi connectivity index (χ0n) is 16.4. The van der Waals surface area contributed by atoms with E-state index in [9.17, 15) is 0 Å². The van der Waals surface area contributed by atoms with Crippen LogP contribution < -0.4 is 25.0 Å². The number of fused-ring (bicyclic) bond motifs is 1. The highest BCUT2D eigenvalue weighted by molar-refractivity contribution is 7.80. The third-order valence-electron chi connectivity index (χ3n) is 5.01. The Bertz CT molecular complexity index is 635. The summed E-state index contributed by atoms with van der Waals surface area (Å²) in [5, 5.41) is 7.29. The van der Waals surface area contributed by atoms with E-state index in [-0.39, 0.29) is 6.10 Å². The first kappa shape index (κ1) is 20.2. The molecule has 2 aliphatic heterocycles. The van der Waals surface area contributed by atoms with Crippen LogP contribution in [0.25, 0.3) is 0 Å². The molecule has 27 heavy (non-hydrogen) atoms. The molecule has 0 saturated carbocycles. The molecule has 0 radical (unpaired) electrons. The molecule has 3 rings (SSSR count). The summed E-state index contributed by atoms with van der Waals surface area (Å²) in [5.74, 6) is 1.88. The number of thiocarbonyl (C=S) groups is 1. The summed E-state index contributed by atoms with van der Waals surface area (Å²) in [6.07, 6.45) is 2.27. The van der Waals surface area contributed by atoms with Crippen molar-refractivity contribution >= 4 is 17.3 Å². The molecule has 0 spiro atoms. The molecule has 0 amide bonds. The van der Waals surface area contributed by atoms with Crippen LogP contribution in [0.5, 0.6) is 11.5 Å². The van der Waals surface area contributed by atoms with E-state index in [0.717, 1.165) is 69.3 Å². The molecule has 0 aromatic heterocycles. The number of nitrogens with one attached hydrogen (secondary N) is 3. The van der Waals surface area contributed by atoms with Gasteiger partial charge < -0.3 is 29.7 Å². The van der Waals surface area contributed by atoms with Gasteiger partial charge in [0.1, 0.15) is 30.7 Å². The summed E-state index contributed by atoms with van der Waals surface area (Å²) in [7, 11) is 0. The Morgan fingerprint density at radius 1 is 1.30 bits per heavy atom. The van der Waals surface area contributed by atoms with Crippen molar-refractivity contribution in [3.8, 4) is 11.5 Å². The standard InChI is InChI=1S/C20H31N3O3S/c1-3-25-18-12-16-11-15(2)26-19(16)13-17(18)14-22-20(27)21-5-4-6-23-7-9-24-10-8-23/h12-13,15H,3-11,14H2,1-2H3,(H2,21,22,27)/p+1/t15-/m1/s1. The predicted octanol–water partition coefficient (Wildman–Crippen LogP) is 0.678. The number of rotatable bonds is 8.